The van der Waals surface area contributed by atoms with Crippen LogP contribution in [0.4, 0.5) is 5.82 Å². The normalized spacial score (nSPS) is 25.1. The monoisotopic (exact) mass is 453 g/mol. The number of hydrogen-bond donors (Lipinski definition) is 1. The van der Waals surface area contributed by atoms with Crippen molar-refractivity contribution in [3.8, 4) is 0 Å². The zero-order chi connectivity index (χ0) is 22.8. The number of nitrogens with one attached hydrogen (secondary N) is 1. The van der Waals surface area contributed by atoms with Crippen molar-refractivity contribution in [1.82, 2.24) is 29.7 Å². The molecule has 8 heteroatoms. The third-order valence-electron chi connectivity index (χ3n) is 8.08. The third-order valence-corrected chi connectivity index (χ3v) is 8.08. The van der Waals surface area contributed by atoms with Crippen molar-refractivity contribution in [2.24, 2.45) is 5.92 Å². The van der Waals surface area contributed by atoms with Gasteiger partial charge in [0, 0.05) is 57.1 Å². The second-order valence-corrected chi connectivity index (χ2v) is 10.3. The van der Waals surface area contributed by atoms with Crippen LogP contribution in [0, 0.1) is 5.92 Å². The highest BCUT2D eigenvalue weighted by atomic mass is 16.1. The van der Waals surface area contributed by atoms with Gasteiger partial charge in [0.1, 0.15) is 12.2 Å². The number of fused-ring (bicyclic) bond motifs is 3. The third kappa shape index (κ3) is 4.72. The number of likely N-dealkylation sites (tertiary alicyclic amines) is 1. The molecule has 2 atom stereocenters. The predicted octanol–water partition coefficient (Wildman–Crippen LogP) is 3.15. The molecule has 3 aliphatic rings. The average molecular weight is 454 g/mol. The molecule has 0 aliphatic carbocycles. The van der Waals surface area contributed by atoms with Crippen molar-refractivity contribution in [3.63, 3.8) is 0 Å². The van der Waals surface area contributed by atoms with E-state index < -0.39 is 0 Å². The summed E-state index contributed by atoms with van der Waals surface area (Å²) in [5.74, 6) is 2.39. The Morgan fingerprint density at radius 1 is 1.00 bits per heavy atom. The first-order valence-electron chi connectivity index (χ1n) is 13.1. The lowest BCUT2D eigenvalue weighted by Crippen LogP contribution is -2.48. The number of amides is 1. The fourth-order valence-electron chi connectivity index (χ4n) is 6.08. The van der Waals surface area contributed by atoms with Gasteiger partial charge in [-0.05, 0) is 52.4 Å². The number of carbonyl (C=O) groups is 1. The van der Waals surface area contributed by atoms with Gasteiger partial charge >= 0.3 is 0 Å². The molecule has 0 radical (unpaired) electrons. The molecule has 0 aromatic carbocycles. The zero-order valence-electron chi connectivity index (χ0n) is 20.3. The maximum Gasteiger partial charge on any atom is 0.223 e. The first-order valence-corrected chi connectivity index (χ1v) is 13.1. The first kappa shape index (κ1) is 22.6. The molecule has 0 bridgehead atoms. The summed E-state index contributed by atoms with van der Waals surface area (Å²) in [5.41, 5.74) is 1.90. The molecule has 2 aromatic rings. The van der Waals surface area contributed by atoms with Crippen LogP contribution < -0.4 is 10.2 Å². The topological polar surface area (TPSA) is 79.2 Å². The van der Waals surface area contributed by atoms with E-state index in [1.54, 1.807) is 6.33 Å². The molecule has 2 saturated heterocycles. The molecule has 1 N–H and O–H groups in total. The Balaban J connectivity index is 1.17. The van der Waals surface area contributed by atoms with Crippen molar-refractivity contribution in [2.45, 2.75) is 90.3 Å². The summed E-state index contributed by atoms with van der Waals surface area (Å²) in [5, 5.41) is 3.22. The lowest BCUT2D eigenvalue weighted by atomic mass is 9.95. The van der Waals surface area contributed by atoms with Crippen molar-refractivity contribution in [1.29, 1.82) is 0 Å². The molecule has 0 unspecified atom stereocenters. The molecule has 0 saturated carbocycles. The second kappa shape index (κ2) is 9.95. The molecule has 33 heavy (non-hydrogen) atoms. The smallest absolute Gasteiger partial charge is 0.223 e. The van der Waals surface area contributed by atoms with Crippen LogP contribution in [0.25, 0.3) is 11.2 Å². The standard InChI is InChI=1S/C25H39N7O/c1-18-7-6-8-19(2)31(18)16-12-26-25(33)20-10-14-30(15-11-20)23-22-24(28-17-27-23)32-13-5-3-4-9-21(32)29-22/h17-20H,3-16H2,1-2H3,(H,26,33)/t18-,19+. The van der Waals surface area contributed by atoms with Crippen molar-refractivity contribution in [3.05, 3.63) is 12.2 Å². The molecule has 2 fully saturated rings. The maximum atomic E-state index is 12.8. The summed E-state index contributed by atoms with van der Waals surface area (Å²) in [6.45, 7) is 9.01. The Morgan fingerprint density at radius 2 is 1.79 bits per heavy atom. The number of imidazole rings is 1. The van der Waals surface area contributed by atoms with E-state index in [-0.39, 0.29) is 11.8 Å². The van der Waals surface area contributed by atoms with Gasteiger partial charge in [-0.3, -0.25) is 9.69 Å². The number of carbonyl (C=O) groups excluding carboxylic acids is 1. The summed E-state index contributed by atoms with van der Waals surface area (Å²) in [4.78, 5) is 31.8. The van der Waals surface area contributed by atoms with Crippen molar-refractivity contribution >= 4 is 22.9 Å². The number of nitrogens with zero attached hydrogens (tertiary/aromatic N) is 6. The predicted molar refractivity (Wildman–Crippen MR) is 130 cm³/mol. The van der Waals surface area contributed by atoms with Crippen LogP contribution in [0.2, 0.25) is 0 Å². The Morgan fingerprint density at radius 3 is 2.58 bits per heavy atom. The molecule has 0 spiro atoms. The summed E-state index contributed by atoms with van der Waals surface area (Å²) >= 11 is 0. The Hall–Kier alpha value is -2.22. The average Bonchev–Trinajstić information content (AvgIpc) is 3.02. The van der Waals surface area contributed by atoms with Crippen LogP contribution in [0.1, 0.15) is 71.0 Å². The van der Waals surface area contributed by atoms with Gasteiger partial charge < -0.3 is 14.8 Å². The van der Waals surface area contributed by atoms with E-state index in [0.29, 0.717) is 12.1 Å². The quantitative estimate of drug-likeness (QED) is 0.749. The van der Waals surface area contributed by atoms with E-state index in [1.165, 1.54) is 38.5 Å². The van der Waals surface area contributed by atoms with Gasteiger partial charge in [0.25, 0.3) is 0 Å². The number of piperidine rings is 2. The number of aryl methyl sites for hydroxylation is 2. The molecule has 3 aliphatic heterocycles. The van der Waals surface area contributed by atoms with Gasteiger partial charge in [0.2, 0.25) is 5.91 Å². The molecular weight excluding hydrogens is 414 g/mol. The minimum absolute atomic E-state index is 0.0912. The van der Waals surface area contributed by atoms with E-state index in [9.17, 15) is 4.79 Å². The molecule has 2 aromatic heterocycles. The van der Waals surface area contributed by atoms with Crippen LogP contribution in [0.5, 0.6) is 0 Å². The SMILES string of the molecule is C[C@@H]1CCC[C@H](C)N1CCNC(=O)C1CCN(c2ncnc3c2nc2n3CCCCC2)CC1. The van der Waals surface area contributed by atoms with E-state index in [1.807, 2.05) is 0 Å². The minimum atomic E-state index is 0.0912. The van der Waals surface area contributed by atoms with Crippen LogP contribution in [0.15, 0.2) is 6.33 Å². The van der Waals surface area contributed by atoms with Gasteiger partial charge in [-0.15, -0.1) is 0 Å². The van der Waals surface area contributed by atoms with Crippen LogP contribution in [0.3, 0.4) is 0 Å². The van der Waals surface area contributed by atoms with Gasteiger partial charge in [-0.25, -0.2) is 15.0 Å². The number of aromatic nitrogens is 4. The van der Waals surface area contributed by atoms with E-state index in [0.717, 1.165) is 74.8 Å². The molecular formula is C25H39N7O. The van der Waals surface area contributed by atoms with Gasteiger partial charge in [0.05, 0.1) is 0 Å². The molecule has 5 rings (SSSR count). The highest BCUT2D eigenvalue weighted by molar-refractivity contribution is 5.84. The van der Waals surface area contributed by atoms with Crippen molar-refractivity contribution < 1.29 is 4.79 Å². The largest absolute Gasteiger partial charge is 0.355 e. The fourth-order valence-corrected chi connectivity index (χ4v) is 6.08. The Bertz CT molecular complexity index is 955. The highest BCUT2D eigenvalue weighted by Gasteiger charge is 2.29. The molecule has 180 valence electrons. The van der Waals surface area contributed by atoms with E-state index in [2.05, 4.69) is 43.5 Å². The molecule has 1 amide bonds. The first-order chi connectivity index (χ1) is 16.1. The fraction of sp³-hybridized carbons (Fsp3) is 0.760. The highest BCUT2D eigenvalue weighted by Crippen LogP contribution is 2.29. The van der Waals surface area contributed by atoms with Crippen molar-refractivity contribution in [2.75, 3.05) is 31.1 Å². The van der Waals surface area contributed by atoms with Crippen LogP contribution >= 0.6 is 0 Å². The summed E-state index contributed by atoms with van der Waals surface area (Å²) in [6.07, 6.45) is 11.9. The Kier molecular flexibility index (Phi) is 6.81. The summed E-state index contributed by atoms with van der Waals surface area (Å²) in [6, 6.07) is 1.24. The zero-order valence-corrected chi connectivity index (χ0v) is 20.3. The summed E-state index contributed by atoms with van der Waals surface area (Å²) < 4.78 is 2.29. The van der Waals surface area contributed by atoms with Crippen LogP contribution in [-0.2, 0) is 17.8 Å². The number of hydrogen-bond acceptors (Lipinski definition) is 6. The van der Waals surface area contributed by atoms with Gasteiger partial charge in [-0.2, -0.15) is 0 Å². The summed E-state index contributed by atoms with van der Waals surface area (Å²) in [7, 11) is 0. The number of anilines is 1. The van der Waals surface area contributed by atoms with E-state index >= 15 is 0 Å². The Labute approximate surface area is 197 Å². The lowest BCUT2D eigenvalue weighted by Gasteiger charge is -2.39. The lowest BCUT2D eigenvalue weighted by molar-refractivity contribution is -0.125. The molecule has 8 nitrogen and oxygen atoms in total. The van der Waals surface area contributed by atoms with Gasteiger partial charge in [0.15, 0.2) is 17.0 Å². The van der Waals surface area contributed by atoms with E-state index in [4.69, 9.17) is 4.98 Å². The minimum Gasteiger partial charge on any atom is -0.355 e. The number of rotatable bonds is 5. The van der Waals surface area contributed by atoms with Gasteiger partial charge in [-0.1, -0.05) is 12.8 Å². The second-order valence-electron chi connectivity index (χ2n) is 10.3. The molecule has 5 heterocycles. The maximum absolute atomic E-state index is 12.8. The van der Waals surface area contributed by atoms with Crippen LogP contribution in [-0.4, -0.2) is 68.6 Å².